The minimum atomic E-state index is -0.534. The Labute approximate surface area is 137 Å². The van der Waals surface area contributed by atoms with Gasteiger partial charge in [-0.2, -0.15) is 9.36 Å². The molecule has 2 aromatic heterocycles. The lowest BCUT2D eigenvalue weighted by molar-refractivity contribution is -0.117. The molecule has 0 fully saturated rings. The lowest BCUT2D eigenvalue weighted by Gasteiger charge is -2.06. The Kier molecular flexibility index (Phi) is 4.22. The molecule has 0 aliphatic heterocycles. The summed E-state index contributed by atoms with van der Waals surface area (Å²) < 4.78 is 15.0. The number of nitrogens with one attached hydrogen (secondary N) is 1. The maximum Gasteiger partial charge on any atom is 0.369 e. The van der Waals surface area contributed by atoms with Crippen LogP contribution in [0.3, 0.4) is 0 Å². The van der Waals surface area contributed by atoms with E-state index in [-0.39, 0.29) is 17.3 Å². The molecule has 7 nitrogen and oxygen atoms in total. The molecule has 1 amide bonds. The largest absolute Gasteiger partial charge is 0.369 e. The van der Waals surface area contributed by atoms with Crippen LogP contribution in [0.4, 0.5) is 10.1 Å². The number of tetrazole rings is 1. The fourth-order valence-electron chi connectivity index (χ4n) is 1.82. The second-order valence-electron chi connectivity index (χ2n) is 4.45. The first-order chi connectivity index (χ1) is 11.0. The number of nitrogens with zero attached hydrogens (tertiary/aromatic N) is 4. The molecule has 2 heterocycles. The Morgan fingerprint density at radius 2 is 2.17 bits per heavy atom. The van der Waals surface area contributed by atoms with E-state index in [1.807, 2.05) is 0 Å². The van der Waals surface area contributed by atoms with Gasteiger partial charge in [0.1, 0.15) is 17.4 Å². The second-order valence-corrected chi connectivity index (χ2v) is 5.79. The number of carbonyl (C=O) groups is 1. The fourth-order valence-corrected chi connectivity index (χ4v) is 2.70. The van der Waals surface area contributed by atoms with E-state index < -0.39 is 17.4 Å². The van der Waals surface area contributed by atoms with E-state index in [4.69, 9.17) is 11.6 Å². The number of anilines is 1. The summed E-state index contributed by atoms with van der Waals surface area (Å²) in [6.45, 7) is -0.335. The molecular weight excluding hydrogens is 345 g/mol. The molecule has 0 spiro atoms. The number of halogens is 2. The highest BCUT2D eigenvalue weighted by atomic mass is 35.5. The van der Waals surface area contributed by atoms with Gasteiger partial charge in [-0.15, -0.1) is 11.3 Å². The van der Waals surface area contributed by atoms with Gasteiger partial charge in [0.15, 0.2) is 0 Å². The third kappa shape index (κ3) is 3.30. The van der Waals surface area contributed by atoms with Gasteiger partial charge in [0.05, 0.1) is 10.7 Å². The van der Waals surface area contributed by atoms with Gasteiger partial charge in [0.2, 0.25) is 5.91 Å². The van der Waals surface area contributed by atoms with Crippen molar-refractivity contribution in [3.05, 3.63) is 57.0 Å². The van der Waals surface area contributed by atoms with Crippen molar-refractivity contribution < 1.29 is 9.18 Å². The molecule has 0 bridgehead atoms. The standard InChI is InChI=1S/C13H9ClFN5O2S/c14-9-6-8(15)3-4-10(9)16-11(21)7-19-13(22)20(18-17-19)12-2-1-5-23-12/h1-6H,7H2,(H,16,21). The molecule has 0 saturated carbocycles. The van der Waals surface area contributed by atoms with Crippen LogP contribution in [0, 0.1) is 5.82 Å². The quantitative estimate of drug-likeness (QED) is 0.777. The van der Waals surface area contributed by atoms with Crippen molar-refractivity contribution in [3.63, 3.8) is 0 Å². The van der Waals surface area contributed by atoms with E-state index >= 15 is 0 Å². The summed E-state index contributed by atoms with van der Waals surface area (Å²) >= 11 is 7.15. The molecule has 0 saturated heterocycles. The Bertz CT molecular complexity index is 905. The maximum atomic E-state index is 13.0. The average Bonchev–Trinajstić information content (AvgIpc) is 3.13. The van der Waals surface area contributed by atoms with Gasteiger partial charge in [-0.25, -0.2) is 9.18 Å². The SMILES string of the molecule is O=C(Cn1nnn(-c2cccs2)c1=O)Nc1ccc(F)cc1Cl. The van der Waals surface area contributed by atoms with Gasteiger partial charge in [-0.3, -0.25) is 4.79 Å². The zero-order chi connectivity index (χ0) is 16.4. The van der Waals surface area contributed by atoms with Crippen molar-refractivity contribution >= 4 is 34.5 Å². The fraction of sp³-hybridized carbons (Fsp3) is 0.0769. The van der Waals surface area contributed by atoms with Crippen molar-refractivity contribution in [1.82, 2.24) is 19.8 Å². The summed E-state index contributed by atoms with van der Waals surface area (Å²) in [7, 11) is 0. The summed E-state index contributed by atoms with van der Waals surface area (Å²) in [5.74, 6) is -1.04. The molecule has 0 aliphatic carbocycles. The molecule has 0 unspecified atom stereocenters. The number of benzene rings is 1. The van der Waals surface area contributed by atoms with Gasteiger partial charge in [0, 0.05) is 0 Å². The number of carbonyl (C=O) groups excluding carboxylic acids is 1. The highest BCUT2D eigenvalue weighted by Crippen LogP contribution is 2.22. The number of hydrogen-bond donors (Lipinski definition) is 1. The zero-order valence-electron chi connectivity index (χ0n) is 11.4. The molecule has 1 aromatic carbocycles. The Hall–Kier alpha value is -2.52. The number of aromatic nitrogens is 4. The van der Waals surface area contributed by atoms with E-state index in [2.05, 4.69) is 15.7 Å². The van der Waals surface area contributed by atoms with Gasteiger partial charge < -0.3 is 5.32 Å². The Morgan fingerprint density at radius 1 is 1.35 bits per heavy atom. The topological polar surface area (TPSA) is 81.8 Å². The molecule has 10 heteroatoms. The minimum absolute atomic E-state index is 0.0629. The second kappa shape index (κ2) is 6.31. The predicted octanol–water partition coefficient (Wildman–Crippen LogP) is 1.92. The molecule has 0 aliphatic rings. The van der Waals surface area contributed by atoms with Crippen LogP contribution in [-0.2, 0) is 11.3 Å². The van der Waals surface area contributed by atoms with Gasteiger partial charge in [-0.05, 0) is 46.1 Å². The summed E-state index contributed by atoms with van der Waals surface area (Å²) in [6.07, 6.45) is 0. The molecular formula is C13H9ClFN5O2S. The number of hydrogen-bond acceptors (Lipinski definition) is 5. The summed E-state index contributed by atoms with van der Waals surface area (Å²) in [5.41, 5.74) is -0.287. The molecule has 0 atom stereocenters. The Morgan fingerprint density at radius 3 is 2.87 bits per heavy atom. The molecule has 0 radical (unpaired) electrons. The van der Waals surface area contributed by atoms with Gasteiger partial charge >= 0.3 is 5.69 Å². The first-order valence-corrected chi connectivity index (χ1v) is 7.62. The number of amides is 1. The lowest BCUT2D eigenvalue weighted by Crippen LogP contribution is -2.29. The first kappa shape index (κ1) is 15.4. The Balaban J connectivity index is 1.75. The third-order valence-electron chi connectivity index (χ3n) is 2.85. The monoisotopic (exact) mass is 353 g/mol. The molecule has 118 valence electrons. The normalized spacial score (nSPS) is 10.7. The van der Waals surface area contributed by atoms with Crippen molar-refractivity contribution in [2.24, 2.45) is 0 Å². The van der Waals surface area contributed by atoms with Crippen LogP contribution < -0.4 is 11.0 Å². The van der Waals surface area contributed by atoms with Crippen LogP contribution in [0.15, 0.2) is 40.5 Å². The zero-order valence-corrected chi connectivity index (χ0v) is 13.0. The van der Waals surface area contributed by atoms with E-state index in [0.29, 0.717) is 5.00 Å². The van der Waals surface area contributed by atoms with Crippen LogP contribution in [0.1, 0.15) is 0 Å². The van der Waals surface area contributed by atoms with Crippen LogP contribution in [0.25, 0.3) is 5.00 Å². The van der Waals surface area contributed by atoms with E-state index in [1.165, 1.54) is 23.5 Å². The van der Waals surface area contributed by atoms with Crippen molar-refractivity contribution in [2.45, 2.75) is 6.54 Å². The van der Waals surface area contributed by atoms with Crippen molar-refractivity contribution in [3.8, 4) is 5.00 Å². The minimum Gasteiger partial charge on any atom is -0.323 e. The van der Waals surface area contributed by atoms with Crippen LogP contribution in [-0.4, -0.2) is 25.7 Å². The van der Waals surface area contributed by atoms with Crippen LogP contribution >= 0.6 is 22.9 Å². The summed E-state index contributed by atoms with van der Waals surface area (Å²) in [4.78, 5) is 24.1. The summed E-state index contributed by atoms with van der Waals surface area (Å²) in [5, 5.41) is 12.3. The van der Waals surface area contributed by atoms with Crippen LogP contribution in [0.5, 0.6) is 0 Å². The maximum absolute atomic E-state index is 13.0. The van der Waals surface area contributed by atoms with E-state index in [0.717, 1.165) is 15.4 Å². The van der Waals surface area contributed by atoms with Gasteiger partial charge in [0.25, 0.3) is 0 Å². The smallest absolute Gasteiger partial charge is 0.323 e. The summed E-state index contributed by atoms with van der Waals surface area (Å²) in [6, 6.07) is 7.07. The predicted molar refractivity (Wildman–Crippen MR) is 83.5 cm³/mol. The number of rotatable bonds is 4. The molecule has 1 N–H and O–H groups in total. The highest BCUT2D eigenvalue weighted by Gasteiger charge is 2.13. The van der Waals surface area contributed by atoms with Gasteiger partial charge in [-0.1, -0.05) is 11.6 Å². The lowest BCUT2D eigenvalue weighted by atomic mass is 10.3. The molecule has 3 rings (SSSR count). The molecule has 23 heavy (non-hydrogen) atoms. The average molecular weight is 354 g/mol. The first-order valence-electron chi connectivity index (χ1n) is 6.36. The van der Waals surface area contributed by atoms with Crippen molar-refractivity contribution in [2.75, 3.05) is 5.32 Å². The van der Waals surface area contributed by atoms with E-state index in [1.54, 1.807) is 17.5 Å². The van der Waals surface area contributed by atoms with Crippen LogP contribution in [0.2, 0.25) is 5.02 Å². The third-order valence-corrected chi connectivity index (χ3v) is 4.01. The van der Waals surface area contributed by atoms with E-state index in [9.17, 15) is 14.0 Å². The highest BCUT2D eigenvalue weighted by molar-refractivity contribution is 7.12. The van der Waals surface area contributed by atoms with Crippen molar-refractivity contribution in [1.29, 1.82) is 0 Å². The number of thiophene rings is 1. The molecule has 3 aromatic rings.